The molecule has 7 heteroatoms. The fourth-order valence-electron chi connectivity index (χ4n) is 2.87. The van der Waals surface area contributed by atoms with E-state index in [4.69, 9.17) is 4.74 Å². The number of methoxy groups -OCH3 is 1. The molecule has 3 aromatic rings. The second-order valence-electron chi connectivity index (χ2n) is 6.45. The smallest absolute Gasteiger partial charge is 0.271 e. The lowest BCUT2D eigenvalue weighted by Gasteiger charge is -2.15. The first-order chi connectivity index (χ1) is 14.5. The molecule has 0 atom stereocenters. The highest BCUT2D eigenvalue weighted by atomic mass is 32.2. The Morgan fingerprint density at radius 1 is 0.900 bits per heavy atom. The number of thioether (sulfide) groups is 1. The molecule has 0 aromatic heterocycles. The van der Waals surface area contributed by atoms with Gasteiger partial charge in [0.2, 0.25) is 0 Å². The van der Waals surface area contributed by atoms with Crippen LogP contribution in [0.25, 0.3) is 6.08 Å². The fourth-order valence-corrected chi connectivity index (χ4v) is 3.87. The number of amidine groups is 1. The Bertz CT molecular complexity index is 1120. The van der Waals surface area contributed by atoms with E-state index in [1.165, 1.54) is 28.8 Å². The van der Waals surface area contributed by atoms with E-state index in [1.54, 1.807) is 49.6 Å². The molecule has 1 saturated heterocycles. The van der Waals surface area contributed by atoms with Crippen LogP contribution < -0.4 is 9.64 Å². The van der Waals surface area contributed by atoms with Crippen molar-refractivity contribution in [3.8, 4) is 17.2 Å². The van der Waals surface area contributed by atoms with E-state index in [0.29, 0.717) is 21.4 Å². The van der Waals surface area contributed by atoms with Gasteiger partial charge in [-0.15, -0.1) is 0 Å². The summed E-state index contributed by atoms with van der Waals surface area (Å²) >= 11 is 1.26. The number of carbonyl (C=O) groups is 1. The van der Waals surface area contributed by atoms with Crippen molar-refractivity contribution in [3.05, 3.63) is 83.3 Å². The third-order valence-electron chi connectivity index (χ3n) is 4.40. The Hall–Kier alpha value is -3.71. The van der Waals surface area contributed by atoms with Gasteiger partial charge in [0.15, 0.2) is 5.17 Å². The maximum absolute atomic E-state index is 13.2. The number of hydrogen-bond donors (Lipinski definition) is 2. The Morgan fingerprint density at radius 3 is 2.10 bits per heavy atom. The number of carbonyl (C=O) groups excluding carboxylic acids is 1. The number of ether oxygens (including phenoxy) is 1. The van der Waals surface area contributed by atoms with E-state index in [2.05, 4.69) is 4.99 Å². The van der Waals surface area contributed by atoms with E-state index in [9.17, 15) is 15.0 Å². The SMILES string of the molecule is COc1ccc(C=C2SC(=Nc3ccc(O)cc3)N(c3ccc(O)cc3)C2=O)cc1. The predicted octanol–water partition coefficient (Wildman–Crippen LogP) is 4.92. The second-order valence-corrected chi connectivity index (χ2v) is 7.46. The molecule has 0 spiro atoms. The predicted molar refractivity (Wildman–Crippen MR) is 119 cm³/mol. The fraction of sp³-hybridized carbons (Fsp3) is 0.0435. The Morgan fingerprint density at radius 2 is 1.50 bits per heavy atom. The van der Waals surface area contributed by atoms with Crippen LogP contribution in [0.3, 0.4) is 0 Å². The number of phenolic OH excluding ortho intramolecular Hbond substituents is 2. The lowest BCUT2D eigenvalue weighted by atomic mass is 10.2. The standard InChI is InChI=1S/C23H18N2O4S/c1-29-20-12-2-15(3-13-20)14-21-22(28)25(17-6-10-19(27)11-7-17)23(30-21)24-16-4-8-18(26)9-5-16/h2-14,26-27H,1H3. The molecule has 6 nitrogen and oxygen atoms in total. The molecule has 1 aliphatic heterocycles. The maximum Gasteiger partial charge on any atom is 0.271 e. The Balaban J connectivity index is 1.74. The molecule has 0 aliphatic carbocycles. The van der Waals surface area contributed by atoms with Crippen LogP contribution >= 0.6 is 11.8 Å². The van der Waals surface area contributed by atoms with Crippen molar-refractivity contribution in [1.82, 2.24) is 0 Å². The largest absolute Gasteiger partial charge is 0.508 e. The number of aliphatic imine (C=N–C) groups is 1. The molecule has 0 saturated carbocycles. The zero-order chi connectivity index (χ0) is 21.1. The van der Waals surface area contributed by atoms with Crippen molar-refractivity contribution < 1.29 is 19.7 Å². The molecule has 1 fully saturated rings. The molecular weight excluding hydrogens is 400 g/mol. The number of aromatic hydroxyl groups is 2. The van der Waals surface area contributed by atoms with E-state index in [-0.39, 0.29) is 17.4 Å². The summed E-state index contributed by atoms with van der Waals surface area (Å²) < 4.78 is 5.18. The quantitative estimate of drug-likeness (QED) is 0.588. The Kier molecular flexibility index (Phi) is 5.45. The highest BCUT2D eigenvalue weighted by molar-refractivity contribution is 8.19. The van der Waals surface area contributed by atoms with Gasteiger partial charge in [0.25, 0.3) is 5.91 Å². The zero-order valence-corrected chi connectivity index (χ0v) is 16.8. The average molecular weight is 418 g/mol. The van der Waals surface area contributed by atoms with Crippen LogP contribution in [0.2, 0.25) is 0 Å². The van der Waals surface area contributed by atoms with Crippen molar-refractivity contribution in [2.24, 2.45) is 4.99 Å². The second kappa shape index (κ2) is 8.34. The molecule has 2 N–H and O–H groups in total. The molecule has 4 rings (SSSR count). The number of benzene rings is 3. The summed E-state index contributed by atoms with van der Waals surface area (Å²) in [6.45, 7) is 0. The topological polar surface area (TPSA) is 82.4 Å². The summed E-state index contributed by atoms with van der Waals surface area (Å²) in [6.07, 6.45) is 1.80. The lowest BCUT2D eigenvalue weighted by Crippen LogP contribution is -2.28. The van der Waals surface area contributed by atoms with Crippen LogP contribution in [0, 0.1) is 0 Å². The van der Waals surface area contributed by atoms with Crippen LogP contribution in [0.4, 0.5) is 11.4 Å². The molecule has 150 valence electrons. The van der Waals surface area contributed by atoms with Gasteiger partial charge >= 0.3 is 0 Å². The highest BCUT2D eigenvalue weighted by Gasteiger charge is 2.34. The molecule has 30 heavy (non-hydrogen) atoms. The number of nitrogens with zero attached hydrogens (tertiary/aromatic N) is 2. The van der Waals surface area contributed by atoms with Gasteiger partial charge in [0, 0.05) is 0 Å². The summed E-state index contributed by atoms with van der Waals surface area (Å²) in [4.78, 5) is 19.8. The number of anilines is 1. The summed E-state index contributed by atoms with van der Waals surface area (Å²) in [5, 5.41) is 19.6. The van der Waals surface area contributed by atoms with Crippen LogP contribution in [0.5, 0.6) is 17.2 Å². The van der Waals surface area contributed by atoms with E-state index in [1.807, 2.05) is 24.3 Å². The van der Waals surface area contributed by atoms with Gasteiger partial charge in [0.1, 0.15) is 17.2 Å². The molecule has 3 aromatic carbocycles. The van der Waals surface area contributed by atoms with Crippen LogP contribution in [-0.2, 0) is 4.79 Å². The molecule has 0 bridgehead atoms. The van der Waals surface area contributed by atoms with E-state index >= 15 is 0 Å². The summed E-state index contributed by atoms with van der Waals surface area (Å²) in [5.74, 6) is 0.788. The van der Waals surface area contributed by atoms with Crippen LogP contribution in [0.1, 0.15) is 5.56 Å². The third-order valence-corrected chi connectivity index (χ3v) is 5.37. The summed E-state index contributed by atoms with van der Waals surface area (Å²) in [6, 6.07) is 20.2. The summed E-state index contributed by atoms with van der Waals surface area (Å²) in [5.41, 5.74) is 2.07. The van der Waals surface area contributed by atoms with E-state index in [0.717, 1.165) is 11.3 Å². The maximum atomic E-state index is 13.2. The van der Waals surface area contributed by atoms with Crippen molar-refractivity contribution in [3.63, 3.8) is 0 Å². The first-order valence-electron chi connectivity index (χ1n) is 9.08. The van der Waals surface area contributed by atoms with Gasteiger partial charge < -0.3 is 14.9 Å². The van der Waals surface area contributed by atoms with Gasteiger partial charge in [-0.1, -0.05) is 12.1 Å². The Labute approximate surface area is 177 Å². The van der Waals surface area contributed by atoms with E-state index < -0.39 is 0 Å². The third kappa shape index (κ3) is 4.16. The normalized spacial score (nSPS) is 16.4. The minimum Gasteiger partial charge on any atom is -0.508 e. The van der Waals surface area contributed by atoms with Gasteiger partial charge in [-0.3, -0.25) is 9.69 Å². The monoisotopic (exact) mass is 418 g/mol. The molecular formula is C23H18N2O4S. The van der Waals surface area contributed by atoms with Gasteiger partial charge in [-0.2, -0.15) is 0 Å². The number of rotatable bonds is 4. The van der Waals surface area contributed by atoms with Crippen molar-refractivity contribution in [1.29, 1.82) is 0 Å². The highest BCUT2D eigenvalue weighted by Crippen LogP contribution is 2.38. The van der Waals surface area contributed by atoms with Crippen molar-refractivity contribution in [2.75, 3.05) is 12.0 Å². The van der Waals surface area contributed by atoms with Crippen molar-refractivity contribution in [2.45, 2.75) is 0 Å². The van der Waals surface area contributed by atoms with Crippen LogP contribution in [-0.4, -0.2) is 28.4 Å². The number of hydrogen-bond acceptors (Lipinski definition) is 6. The number of phenols is 2. The van der Waals surface area contributed by atoms with Crippen molar-refractivity contribution >= 4 is 40.3 Å². The van der Waals surface area contributed by atoms with Gasteiger partial charge in [0.05, 0.1) is 23.4 Å². The number of amides is 1. The van der Waals surface area contributed by atoms with Gasteiger partial charge in [-0.05, 0) is 84.1 Å². The minimum atomic E-state index is -0.209. The summed E-state index contributed by atoms with van der Waals surface area (Å²) in [7, 11) is 1.60. The molecule has 1 heterocycles. The molecule has 1 aliphatic rings. The zero-order valence-electron chi connectivity index (χ0n) is 16.0. The lowest BCUT2D eigenvalue weighted by molar-refractivity contribution is -0.113. The average Bonchev–Trinajstić information content (AvgIpc) is 3.05. The van der Waals surface area contributed by atoms with Crippen LogP contribution in [0.15, 0.2) is 82.7 Å². The molecule has 0 unspecified atom stereocenters. The minimum absolute atomic E-state index is 0.115. The first-order valence-corrected chi connectivity index (χ1v) is 9.90. The molecule has 0 radical (unpaired) electrons. The first kappa shape index (κ1) is 19.6. The van der Waals surface area contributed by atoms with Gasteiger partial charge in [-0.25, -0.2) is 4.99 Å². The molecule has 1 amide bonds.